The molecule has 1 atom stereocenters. The van der Waals surface area contributed by atoms with E-state index in [0.29, 0.717) is 23.5 Å². The number of nitrogens with zero attached hydrogens (tertiary/aromatic N) is 3. The van der Waals surface area contributed by atoms with Crippen molar-refractivity contribution in [2.45, 2.75) is 19.5 Å². The van der Waals surface area contributed by atoms with Crippen molar-refractivity contribution in [1.29, 1.82) is 0 Å². The van der Waals surface area contributed by atoms with Crippen LogP contribution in [0.3, 0.4) is 0 Å². The van der Waals surface area contributed by atoms with E-state index in [-0.39, 0.29) is 17.9 Å². The lowest BCUT2D eigenvalue weighted by atomic mass is 9.96. The maximum Gasteiger partial charge on any atom is 0.295 e. The third-order valence-electron chi connectivity index (χ3n) is 5.06. The summed E-state index contributed by atoms with van der Waals surface area (Å²) in [5.74, 6) is -1.09. The number of carbonyl (C=O) groups is 2. The summed E-state index contributed by atoms with van der Waals surface area (Å²) < 4.78 is 5.51. The smallest absolute Gasteiger partial charge is 0.295 e. The third-order valence-corrected chi connectivity index (χ3v) is 5.06. The molecule has 1 aliphatic rings. The van der Waals surface area contributed by atoms with E-state index in [0.717, 1.165) is 5.56 Å². The van der Waals surface area contributed by atoms with Crippen LogP contribution in [-0.2, 0) is 16.1 Å². The minimum absolute atomic E-state index is 0.0284. The van der Waals surface area contributed by atoms with Gasteiger partial charge in [0, 0.05) is 36.9 Å². The molecule has 1 N–H and O–H groups in total. The molecule has 0 aliphatic carbocycles. The highest BCUT2D eigenvalue weighted by molar-refractivity contribution is 6.46. The van der Waals surface area contributed by atoms with Gasteiger partial charge >= 0.3 is 0 Å². The number of amides is 1. The van der Waals surface area contributed by atoms with Crippen LogP contribution >= 0.6 is 0 Å². The number of aliphatic hydroxyl groups is 1. The van der Waals surface area contributed by atoms with Crippen LogP contribution in [-0.4, -0.2) is 38.3 Å². The number of Topliss-reactive ketones (excluding diaryl/α,β-unsaturated/α-hetero) is 1. The molecule has 4 rings (SSSR count). The monoisotopic (exact) mass is 415 g/mol. The maximum absolute atomic E-state index is 13.0. The molecule has 0 radical (unpaired) electrons. The van der Waals surface area contributed by atoms with Gasteiger partial charge in [-0.2, -0.15) is 0 Å². The summed E-state index contributed by atoms with van der Waals surface area (Å²) in [6, 6.07) is 13.1. The first-order valence-corrected chi connectivity index (χ1v) is 9.90. The number of hydrogen-bond donors (Lipinski definition) is 1. The van der Waals surface area contributed by atoms with Crippen LogP contribution in [0.4, 0.5) is 0 Å². The molecule has 31 heavy (non-hydrogen) atoms. The highest BCUT2D eigenvalue weighted by Crippen LogP contribution is 2.40. The lowest BCUT2D eigenvalue weighted by Gasteiger charge is -2.25. The summed E-state index contributed by atoms with van der Waals surface area (Å²) in [4.78, 5) is 35.6. The van der Waals surface area contributed by atoms with Gasteiger partial charge in [0.2, 0.25) is 0 Å². The number of aromatic nitrogens is 2. The van der Waals surface area contributed by atoms with Crippen LogP contribution in [0, 0.1) is 0 Å². The van der Waals surface area contributed by atoms with Gasteiger partial charge < -0.3 is 14.7 Å². The Labute approximate surface area is 179 Å². The lowest BCUT2D eigenvalue weighted by molar-refractivity contribution is -0.140. The number of hydrogen-bond acceptors (Lipinski definition) is 6. The predicted octanol–water partition coefficient (Wildman–Crippen LogP) is 3.50. The van der Waals surface area contributed by atoms with Gasteiger partial charge in [0.25, 0.3) is 11.7 Å². The second-order valence-corrected chi connectivity index (χ2v) is 7.03. The summed E-state index contributed by atoms with van der Waals surface area (Å²) in [5.41, 5.74) is 1.89. The topological polar surface area (TPSA) is 92.6 Å². The van der Waals surface area contributed by atoms with Crippen molar-refractivity contribution in [2.75, 3.05) is 6.61 Å². The van der Waals surface area contributed by atoms with E-state index < -0.39 is 17.7 Å². The van der Waals surface area contributed by atoms with Gasteiger partial charge in [0.1, 0.15) is 11.5 Å². The number of ether oxygens (including phenoxy) is 1. The Kier molecular flexibility index (Phi) is 5.75. The molecule has 7 heteroatoms. The molecule has 3 heterocycles. The molecule has 0 spiro atoms. The molecule has 1 fully saturated rings. The molecule has 2 aromatic heterocycles. The second-order valence-electron chi connectivity index (χ2n) is 7.03. The summed E-state index contributed by atoms with van der Waals surface area (Å²) >= 11 is 0. The number of aliphatic hydroxyl groups excluding tert-OH is 1. The molecule has 0 bridgehead atoms. The largest absolute Gasteiger partial charge is 0.507 e. The summed E-state index contributed by atoms with van der Waals surface area (Å²) in [6.07, 6.45) is 6.47. The number of pyridine rings is 2. The number of carbonyl (C=O) groups excluding carboxylic acids is 2. The van der Waals surface area contributed by atoms with Gasteiger partial charge in [-0.3, -0.25) is 19.6 Å². The zero-order chi connectivity index (χ0) is 21.8. The van der Waals surface area contributed by atoms with E-state index in [1.807, 2.05) is 6.92 Å². The highest BCUT2D eigenvalue weighted by atomic mass is 16.5. The molecule has 7 nitrogen and oxygen atoms in total. The Morgan fingerprint density at radius 3 is 2.58 bits per heavy atom. The van der Waals surface area contributed by atoms with Crippen LogP contribution in [0.5, 0.6) is 5.75 Å². The Bertz CT molecular complexity index is 1130. The summed E-state index contributed by atoms with van der Waals surface area (Å²) in [5, 5.41) is 11.1. The van der Waals surface area contributed by atoms with Crippen LogP contribution in [0.2, 0.25) is 0 Å². The van der Waals surface area contributed by atoms with Crippen molar-refractivity contribution in [1.82, 2.24) is 14.9 Å². The van der Waals surface area contributed by atoms with Crippen LogP contribution in [0.15, 0.2) is 78.9 Å². The summed E-state index contributed by atoms with van der Waals surface area (Å²) in [7, 11) is 0. The molecule has 3 aromatic rings. The molecule has 1 unspecified atom stereocenters. The standard InChI is InChI=1S/C24H21N3O4/c1-2-31-19-7-3-5-17(13-19)22(28)20-21(18-6-4-10-26-14-18)27(24(30)23(20)29)15-16-8-11-25-12-9-16/h3-14,21,28H,2,15H2,1H3/b22-20+. The fourth-order valence-corrected chi connectivity index (χ4v) is 3.67. The fraction of sp³-hybridized carbons (Fsp3) is 0.167. The van der Waals surface area contributed by atoms with Gasteiger partial charge in [-0.25, -0.2) is 0 Å². The Morgan fingerprint density at radius 1 is 1.06 bits per heavy atom. The van der Waals surface area contributed by atoms with E-state index in [2.05, 4.69) is 9.97 Å². The molecular formula is C24H21N3O4. The predicted molar refractivity (Wildman–Crippen MR) is 114 cm³/mol. The Hall–Kier alpha value is -4.00. The van der Waals surface area contributed by atoms with E-state index in [1.165, 1.54) is 4.90 Å². The average molecular weight is 415 g/mol. The Balaban J connectivity index is 1.83. The molecule has 156 valence electrons. The van der Waals surface area contributed by atoms with Gasteiger partial charge in [0.15, 0.2) is 0 Å². The van der Waals surface area contributed by atoms with Crippen molar-refractivity contribution in [3.63, 3.8) is 0 Å². The summed E-state index contributed by atoms with van der Waals surface area (Å²) in [6.45, 7) is 2.53. The number of ketones is 1. The van der Waals surface area contributed by atoms with Crippen molar-refractivity contribution in [3.05, 3.63) is 95.6 Å². The number of benzene rings is 1. The highest BCUT2D eigenvalue weighted by Gasteiger charge is 2.46. The Morgan fingerprint density at radius 2 is 1.87 bits per heavy atom. The van der Waals surface area contributed by atoms with E-state index in [1.54, 1.807) is 73.3 Å². The second kappa shape index (κ2) is 8.79. The van der Waals surface area contributed by atoms with Crippen LogP contribution in [0.1, 0.15) is 29.7 Å². The van der Waals surface area contributed by atoms with E-state index in [9.17, 15) is 14.7 Å². The molecular weight excluding hydrogens is 394 g/mol. The van der Waals surface area contributed by atoms with E-state index in [4.69, 9.17) is 4.74 Å². The van der Waals surface area contributed by atoms with Crippen LogP contribution in [0.25, 0.3) is 5.76 Å². The average Bonchev–Trinajstić information content (AvgIpc) is 3.05. The first kappa shape index (κ1) is 20.3. The van der Waals surface area contributed by atoms with Gasteiger partial charge in [-0.15, -0.1) is 0 Å². The van der Waals surface area contributed by atoms with Crippen molar-refractivity contribution in [2.24, 2.45) is 0 Å². The number of likely N-dealkylation sites (tertiary alicyclic amines) is 1. The first-order valence-electron chi connectivity index (χ1n) is 9.90. The zero-order valence-corrected chi connectivity index (χ0v) is 16.9. The molecule has 0 saturated carbocycles. The van der Waals surface area contributed by atoms with Crippen LogP contribution < -0.4 is 4.74 Å². The third kappa shape index (κ3) is 4.02. The van der Waals surface area contributed by atoms with Crippen molar-refractivity contribution < 1.29 is 19.4 Å². The molecule has 1 amide bonds. The fourth-order valence-electron chi connectivity index (χ4n) is 3.67. The van der Waals surface area contributed by atoms with Crippen molar-refractivity contribution in [3.8, 4) is 5.75 Å². The molecule has 1 saturated heterocycles. The van der Waals surface area contributed by atoms with Crippen molar-refractivity contribution >= 4 is 17.4 Å². The van der Waals surface area contributed by atoms with Gasteiger partial charge in [0.05, 0.1) is 18.2 Å². The SMILES string of the molecule is CCOc1cccc(/C(O)=C2\C(=O)C(=O)N(Cc3ccncc3)C2c2cccnc2)c1. The molecule has 1 aliphatic heterocycles. The number of rotatable bonds is 6. The molecule has 1 aromatic carbocycles. The normalized spacial score (nSPS) is 17.7. The minimum atomic E-state index is -0.766. The minimum Gasteiger partial charge on any atom is -0.507 e. The maximum atomic E-state index is 13.0. The quantitative estimate of drug-likeness (QED) is 0.376. The van der Waals surface area contributed by atoms with Gasteiger partial charge in [-0.1, -0.05) is 18.2 Å². The van der Waals surface area contributed by atoms with E-state index >= 15 is 0 Å². The zero-order valence-electron chi connectivity index (χ0n) is 16.9. The lowest BCUT2D eigenvalue weighted by Crippen LogP contribution is -2.29. The van der Waals surface area contributed by atoms with Gasteiger partial charge in [-0.05, 0) is 48.4 Å². The first-order chi connectivity index (χ1) is 15.1.